The molecule has 88 valence electrons. The standard InChI is InChI=1S/C13H18BrNO/c1-13(2,15)8-7-12(16)9-10-3-5-11(14)6-4-10/h3-6H,7-9,15H2,1-2H3. The second-order valence-corrected chi connectivity index (χ2v) is 5.75. The van der Waals surface area contributed by atoms with Crippen LogP contribution in [0.15, 0.2) is 28.7 Å². The Hall–Kier alpha value is -0.670. The van der Waals surface area contributed by atoms with E-state index in [9.17, 15) is 4.79 Å². The van der Waals surface area contributed by atoms with Crippen molar-refractivity contribution >= 4 is 21.7 Å². The van der Waals surface area contributed by atoms with Crippen molar-refractivity contribution in [3.05, 3.63) is 34.3 Å². The third-order valence-corrected chi connectivity index (χ3v) is 2.89. The number of Topliss-reactive ketones (excluding diaryl/α,β-unsaturated/α-hetero) is 1. The predicted molar refractivity (Wildman–Crippen MR) is 70.4 cm³/mol. The zero-order valence-electron chi connectivity index (χ0n) is 9.79. The summed E-state index contributed by atoms with van der Waals surface area (Å²) in [6.45, 7) is 3.89. The fraction of sp³-hybridized carbons (Fsp3) is 0.462. The van der Waals surface area contributed by atoms with Crippen molar-refractivity contribution in [1.82, 2.24) is 0 Å². The van der Waals surface area contributed by atoms with Gasteiger partial charge in [-0.2, -0.15) is 0 Å². The first-order valence-electron chi connectivity index (χ1n) is 5.42. The summed E-state index contributed by atoms with van der Waals surface area (Å²) in [4.78, 5) is 11.7. The van der Waals surface area contributed by atoms with Crippen LogP contribution in [-0.4, -0.2) is 11.3 Å². The monoisotopic (exact) mass is 283 g/mol. The van der Waals surface area contributed by atoms with Crippen molar-refractivity contribution in [2.24, 2.45) is 5.73 Å². The van der Waals surface area contributed by atoms with Crippen LogP contribution in [-0.2, 0) is 11.2 Å². The fourth-order valence-corrected chi connectivity index (χ4v) is 1.64. The molecule has 0 bridgehead atoms. The molecule has 0 atom stereocenters. The van der Waals surface area contributed by atoms with E-state index in [4.69, 9.17) is 5.73 Å². The van der Waals surface area contributed by atoms with E-state index in [0.717, 1.165) is 16.5 Å². The lowest BCUT2D eigenvalue weighted by Gasteiger charge is -2.17. The van der Waals surface area contributed by atoms with Gasteiger partial charge in [-0.05, 0) is 38.0 Å². The highest BCUT2D eigenvalue weighted by atomic mass is 79.9. The van der Waals surface area contributed by atoms with Crippen LogP contribution < -0.4 is 5.73 Å². The molecule has 1 aromatic rings. The first-order chi connectivity index (χ1) is 7.37. The van der Waals surface area contributed by atoms with Crippen LogP contribution in [0, 0.1) is 0 Å². The number of carbonyl (C=O) groups excluding carboxylic acids is 1. The third-order valence-electron chi connectivity index (χ3n) is 2.36. The first kappa shape index (κ1) is 13.4. The van der Waals surface area contributed by atoms with Crippen molar-refractivity contribution in [2.45, 2.75) is 38.6 Å². The predicted octanol–water partition coefficient (Wildman–Crippen LogP) is 3.08. The van der Waals surface area contributed by atoms with Crippen LogP contribution in [0.3, 0.4) is 0 Å². The van der Waals surface area contributed by atoms with E-state index in [1.807, 2.05) is 38.1 Å². The smallest absolute Gasteiger partial charge is 0.137 e. The molecule has 1 rings (SSSR count). The Kier molecular flexibility index (Phi) is 4.69. The molecule has 0 fully saturated rings. The molecule has 0 amide bonds. The van der Waals surface area contributed by atoms with Gasteiger partial charge in [0.15, 0.2) is 0 Å². The van der Waals surface area contributed by atoms with Crippen LogP contribution in [0.25, 0.3) is 0 Å². The lowest BCUT2D eigenvalue weighted by atomic mass is 9.96. The van der Waals surface area contributed by atoms with E-state index in [0.29, 0.717) is 12.8 Å². The van der Waals surface area contributed by atoms with E-state index in [2.05, 4.69) is 15.9 Å². The Balaban J connectivity index is 2.43. The van der Waals surface area contributed by atoms with Gasteiger partial charge >= 0.3 is 0 Å². The number of benzene rings is 1. The molecule has 0 radical (unpaired) electrons. The number of carbonyl (C=O) groups is 1. The van der Waals surface area contributed by atoms with E-state index in [-0.39, 0.29) is 11.3 Å². The molecule has 0 unspecified atom stereocenters. The molecule has 16 heavy (non-hydrogen) atoms. The third kappa shape index (κ3) is 5.42. The van der Waals surface area contributed by atoms with Crippen molar-refractivity contribution in [2.75, 3.05) is 0 Å². The Bertz CT molecular complexity index is 351. The largest absolute Gasteiger partial charge is 0.326 e. The number of hydrogen-bond donors (Lipinski definition) is 1. The molecule has 1 aromatic carbocycles. The first-order valence-corrected chi connectivity index (χ1v) is 6.21. The fourth-order valence-electron chi connectivity index (χ4n) is 1.38. The van der Waals surface area contributed by atoms with Gasteiger partial charge in [-0.15, -0.1) is 0 Å². The SMILES string of the molecule is CC(C)(N)CCC(=O)Cc1ccc(Br)cc1. The van der Waals surface area contributed by atoms with Crippen molar-refractivity contribution in [1.29, 1.82) is 0 Å². The molecule has 0 aliphatic carbocycles. The zero-order valence-corrected chi connectivity index (χ0v) is 11.4. The molecule has 0 aliphatic heterocycles. The topological polar surface area (TPSA) is 43.1 Å². The second kappa shape index (κ2) is 5.60. The van der Waals surface area contributed by atoms with E-state index >= 15 is 0 Å². The summed E-state index contributed by atoms with van der Waals surface area (Å²) in [5.41, 5.74) is 6.64. The highest BCUT2D eigenvalue weighted by molar-refractivity contribution is 9.10. The van der Waals surface area contributed by atoms with Crippen molar-refractivity contribution in [3.63, 3.8) is 0 Å². The van der Waals surface area contributed by atoms with E-state index < -0.39 is 0 Å². The maximum absolute atomic E-state index is 11.7. The van der Waals surface area contributed by atoms with Crippen molar-refractivity contribution < 1.29 is 4.79 Å². The number of rotatable bonds is 5. The van der Waals surface area contributed by atoms with Crippen LogP contribution in [0.4, 0.5) is 0 Å². The summed E-state index contributed by atoms with van der Waals surface area (Å²) in [6.07, 6.45) is 1.80. The molecular weight excluding hydrogens is 266 g/mol. The summed E-state index contributed by atoms with van der Waals surface area (Å²) in [7, 11) is 0. The van der Waals surface area contributed by atoms with Gasteiger partial charge < -0.3 is 5.73 Å². The van der Waals surface area contributed by atoms with Crippen LogP contribution >= 0.6 is 15.9 Å². The van der Waals surface area contributed by atoms with Gasteiger partial charge in [0, 0.05) is 22.9 Å². The summed E-state index contributed by atoms with van der Waals surface area (Å²) in [6, 6.07) is 7.84. The molecule has 2 N–H and O–H groups in total. The lowest BCUT2D eigenvalue weighted by Crippen LogP contribution is -2.32. The van der Waals surface area contributed by atoms with Crippen LogP contribution in [0.5, 0.6) is 0 Å². The van der Waals surface area contributed by atoms with E-state index in [1.54, 1.807) is 0 Å². The molecule has 0 aliphatic rings. The summed E-state index contributed by atoms with van der Waals surface area (Å²) >= 11 is 3.37. The van der Waals surface area contributed by atoms with Gasteiger partial charge in [-0.1, -0.05) is 28.1 Å². The van der Waals surface area contributed by atoms with Crippen molar-refractivity contribution in [3.8, 4) is 0 Å². The van der Waals surface area contributed by atoms with Gasteiger partial charge in [0.25, 0.3) is 0 Å². The molecule has 0 spiro atoms. The second-order valence-electron chi connectivity index (χ2n) is 4.83. The normalized spacial score (nSPS) is 11.5. The van der Waals surface area contributed by atoms with Crippen LogP contribution in [0.2, 0.25) is 0 Å². The quantitative estimate of drug-likeness (QED) is 0.903. The summed E-state index contributed by atoms with van der Waals surface area (Å²) in [5.74, 6) is 0.251. The van der Waals surface area contributed by atoms with Gasteiger partial charge in [0.05, 0.1) is 0 Å². The number of hydrogen-bond acceptors (Lipinski definition) is 2. The average molecular weight is 284 g/mol. The Morgan fingerprint density at radius 1 is 1.31 bits per heavy atom. The summed E-state index contributed by atoms with van der Waals surface area (Å²) in [5, 5.41) is 0. The highest BCUT2D eigenvalue weighted by Crippen LogP contribution is 2.13. The minimum Gasteiger partial charge on any atom is -0.326 e. The molecule has 2 nitrogen and oxygen atoms in total. The summed E-state index contributed by atoms with van der Waals surface area (Å²) < 4.78 is 1.03. The lowest BCUT2D eigenvalue weighted by molar-refractivity contribution is -0.118. The minimum absolute atomic E-state index is 0.251. The molecule has 3 heteroatoms. The maximum Gasteiger partial charge on any atom is 0.137 e. The molecule has 0 saturated heterocycles. The maximum atomic E-state index is 11.7. The number of halogens is 1. The molecule has 0 saturated carbocycles. The highest BCUT2D eigenvalue weighted by Gasteiger charge is 2.13. The Labute approximate surface area is 105 Å². The number of ketones is 1. The number of nitrogens with two attached hydrogens (primary N) is 1. The minimum atomic E-state index is -0.255. The Morgan fingerprint density at radius 3 is 2.38 bits per heavy atom. The van der Waals surface area contributed by atoms with Gasteiger partial charge in [0.2, 0.25) is 0 Å². The Morgan fingerprint density at radius 2 is 1.88 bits per heavy atom. The van der Waals surface area contributed by atoms with Gasteiger partial charge in [-0.25, -0.2) is 0 Å². The van der Waals surface area contributed by atoms with Gasteiger partial charge in [-0.3, -0.25) is 4.79 Å². The molecule has 0 aromatic heterocycles. The van der Waals surface area contributed by atoms with E-state index in [1.165, 1.54) is 0 Å². The molecule has 0 heterocycles. The van der Waals surface area contributed by atoms with Crippen LogP contribution in [0.1, 0.15) is 32.3 Å². The molecular formula is C13H18BrNO. The van der Waals surface area contributed by atoms with Gasteiger partial charge in [0.1, 0.15) is 5.78 Å². The average Bonchev–Trinajstić information content (AvgIpc) is 2.18. The zero-order chi connectivity index (χ0) is 12.2.